The van der Waals surface area contributed by atoms with Crippen molar-refractivity contribution >= 4 is 29.1 Å². The molecule has 0 spiro atoms. The maximum absolute atomic E-state index is 12.2. The fraction of sp³-hybridized carbons (Fsp3) is 0.533. The van der Waals surface area contributed by atoms with E-state index in [9.17, 15) is 9.90 Å². The van der Waals surface area contributed by atoms with Crippen molar-refractivity contribution in [2.45, 2.75) is 25.0 Å². The zero-order valence-corrected chi connectivity index (χ0v) is 13.5. The Kier molecular flexibility index (Phi) is 4.78. The van der Waals surface area contributed by atoms with Crippen LogP contribution >= 0.6 is 23.2 Å². The van der Waals surface area contributed by atoms with E-state index in [4.69, 9.17) is 27.9 Å². The molecule has 120 valence electrons. The van der Waals surface area contributed by atoms with Gasteiger partial charge >= 0.3 is 0 Å². The highest BCUT2D eigenvalue weighted by Gasteiger charge is 2.32. The van der Waals surface area contributed by atoms with E-state index in [1.165, 1.54) is 25.0 Å². The molecule has 1 aromatic rings. The molecule has 2 atom stereocenters. The van der Waals surface area contributed by atoms with E-state index in [1.54, 1.807) is 0 Å². The molecular formula is C15H18Cl2N2O3. The minimum atomic E-state index is -0.425. The van der Waals surface area contributed by atoms with Crippen LogP contribution in [0, 0.1) is 0 Å². The Bertz CT molecular complexity index is 559. The molecule has 2 N–H and O–H groups in total. The largest absolute Gasteiger partial charge is 0.507 e. The minimum absolute atomic E-state index is 0.0356. The fourth-order valence-electron chi connectivity index (χ4n) is 3.09. The second-order valence-corrected chi connectivity index (χ2v) is 6.58. The number of benzene rings is 1. The van der Waals surface area contributed by atoms with Crippen LogP contribution in [0.2, 0.25) is 10.0 Å². The van der Waals surface area contributed by atoms with Crippen LogP contribution in [0.5, 0.6) is 5.75 Å². The predicted molar refractivity (Wildman–Crippen MR) is 84.8 cm³/mol. The van der Waals surface area contributed by atoms with Gasteiger partial charge in [0.15, 0.2) is 0 Å². The molecule has 0 unspecified atom stereocenters. The summed E-state index contributed by atoms with van der Waals surface area (Å²) in [6, 6.07) is 3.26. The van der Waals surface area contributed by atoms with Crippen molar-refractivity contribution in [3.05, 3.63) is 27.7 Å². The highest BCUT2D eigenvalue weighted by atomic mass is 35.5. The molecule has 5 nitrogen and oxygen atoms in total. The zero-order valence-electron chi connectivity index (χ0n) is 12.0. The van der Waals surface area contributed by atoms with Crippen molar-refractivity contribution in [1.82, 2.24) is 10.2 Å². The summed E-state index contributed by atoms with van der Waals surface area (Å²) in [6.45, 7) is 3.03. The van der Waals surface area contributed by atoms with Crippen molar-refractivity contribution in [2.75, 3.05) is 26.2 Å². The van der Waals surface area contributed by atoms with Gasteiger partial charge in [0.05, 0.1) is 23.3 Å². The molecule has 2 fully saturated rings. The molecule has 1 amide bonds. The van der Waals surface area contributed by atoms with Gasteiger partial charge in [-0.15, -0.1) is 0 Å². The summed E-state index contributed by atoms with van der Waals surface area (Å²) in [5.41, 5.74) is 0.0425. The molecule has 2 aliphatic heterocycles. The monoisotopic (exact) mass is 344 g/mol. The Morgan fingerprint density at radius 2 is 2.27 bits per heavy atom. The number of hydrogen-bond donors (Lipinski definition) is 2. The average molecular weight is 345 g/mol. The standard InChI is InChI=1S/C15H18Cl2N2O3/c16-9-4-12(17)14(13(20)5-9)15(21)18-6-11-7-19-3-1-2-10(19)8-22-11/h4-5,10-11,20H,1-3,6-8H2,(H,18,21)/t10-,11+/m1/s1. The highest BCUT2D eigenvalue weighted by Crippen LogP contribution is 2.30. The fourth-order valence-corrected chi connectivity index (χ4v) is 3.66. The molecule has 0 aromatic heterocycles. The first-order chi connectivity index (χ1) is 10.5. The van der Waals surface area contributed by atoms with Crippen molar-refractivity contribution in [2.24, 2.45) is 0 Å². The van der Waals surface area contributed by atoms with Gasteiger partial charge in [0, 0.05) is 24.2 Å². The van der Waals surface area contributed by atoms with E-state index >= 15 is 0 Å². The van der Waals surface area contributed by atoms with Crippen LogP contribution in [0.25, 0.3) is 0 Å². The molecule has 0 aliphatic carbocycles. The summed E-state index contributed by atoms with van der Waals surface area (Å²) in [5.74, 6) is -0.648. The van der Waals surface area contributed by atoms with Gasteiger partial charge in [-0.05, 0) is 31.5 Å². The molecule has 2 saturated heterocycles. The van der Waals surface area contributed by atoms with Crippen LogP contribution < -0.4 is 5.32 Å². The highest BCUT2D eigenvalue weighted by molar-refractivity contribution is 6.37. The number of aromatic hydroxyl groups is 1. The lowest BCUT2D eigenvalue weighted by molar-refractivity contribution is -0.0461. The van der Waals surface area contributed by atoms with Crippen LogP contribution in [-0.2, 0) is 4.74 Å². The van der Waals surface area contributed by atoms with Crippen LogP contribution in [0.3, 0.4) is 0 Å². The Labute approximate surface area is 139 Å². The number of nitrogens with zero attached hydrogens (tertiary/aromatic N) is 1. The number of rotatable bonds is 3. The number of morpholine rings is 1. The Hall–Kier alpha value is -1.01. The van der Waals surface area contributed by atoms with E-state index < -0.39 is 5.91 Å². The molecule has 1 aromatic carbocycles. The Morgan fingerprint density at radius 1 is 1.45 bits per heavy atom. The Balaban J connectivity index is 1.59. The number of phenols is 1. The average Bonchev–Trinajstić information content (AvgIpc) is 2.91. The summed E-state index contributed by atoms with van der Waals surface area (Å²) in [5, 5.41) is 13.0. The summed E-state index contributed by atoms with van der Waals surface area (Å²) < 4.78 is 5.78. The van der Waals surface area contributed by atoms with Crippen LogP contribution in [0.1, 0.15) is 23.2 Å². The van der Waals surface area contributed by atoms with Crippen molar-refractivity contribution in [3.8, 4) is 5.75 Å². The molecular weight excluding hydrogens is 327 g/mol. The van der Waals surface area contributed by atoms with Crippen molar-refractivity contribution in [3.63, 3.8) is 0 Å². The van der Waals surface area contributed by atoms with E-state index in [1.807, 2.05) is 0 Å². The van der Waals surface area contributed by atoms with Gasteiger partial charge in [-0.3, -0.25) is 9.69 Å². The van der Waals surface area contributed by atoms with Gasteiger partial charge in [0.1, 0.15) is 5.75 Å². The lowest BCUT2D eigenvalue weighted by atomic mass is 10.1. The number of carbonyl (C=O) groups excluding carboxylic acids is 1. The third kappa shape index (κ3) is 3.33. The lowest BCUT2D eigenvalue weighted by Crippen LogP contribution is -2.50. The summed E-state index contributed by atoms with van der Waals surface area (Å²) in [7, 11) is 0. The number of amides is 1. The van der Waals surface area contributed by atoms with Gasteiger partial charge in [0.25, 0.3) is 5.91 Å². The molecule has 2 aliphatic rings. The first-order valence-electron chi connectivity index (χ1n) is 7.36. The number of nitrogens with one attached hydrogen (secondary N) is 1. The van der Waals surface area contributed by atoms with Crippen molar-refractivity contribution < 1.29 is 14.6 Å². The van der Waals surface area contributed by atoms with Gasteiger partial charge in [-0.1, -0.05) is 23.2 Å². The quantitative estimate of drug-likeness (QED) is 0.883. The maximum atomic E-state index is 12.2. The zero-order chi connectivity index (χ0) is 15.7. The number of ether oxygens (including phenoxy) is 1. The molecule has 3 rings (SSSR count). The van der Waals surface area contributed by atoms with E-state index in [-0.39, 0.29) is 27.5 Å². The molecule has 22 heavy (non-hydrogen) atoms. The SMILES string of the molecule is O=C(NC[C@H]1CN2CCC[C@@H]2CO1)c1c(O)cc(Cl)cc1Cl. The summed E-state index contributed by atoms with van der Waals surface area (Å²) in [4.78, 5) is 14.6. The number of phenolic OH excluding ortho intramolecular Hbond substituents is 1. The van der Waals surface area contributed by atoms with Gasteiger partial charge in [-0.25, -0.2) is 0 Å². The molecule has 0 radical (unpaired) electrons. The third-order valence-electron chi connectivity index (χ3n) is 4.21. The van der Waals surface area contributed by atoms with Gasteiger partial charge < -0.3 is 15.2 Å². The first kappa shape index (κ1) is 15.9. The van der Waals surface area contributed by atoms with Gasteiger partial charge in [-0.2, -0.15) is 0 Å². The smallest absolute Gasteiger partial charge is 0.256 e. The van der Waals surface area contributed by atoms with Crippen LogP contribution in [0.4, 0.5) is 0 Å². The first-order valence-corrected chi connectivity index (χ1v) is 8.12. The number of carbonyl (C=O) groups is 1. The predicted octanol–water partition coefficient (Wildman–Crippen LogP) is 2.29. The van der Waals surface area contributed by atoms with Gasteiger partial charge in [0.2, 0.25) is 0 Å². The minimum Gasteiger partial charge on any atom is -0.507 e. The third-order valence-corrected chi connectivity index (χ3v) is 4.73. The van der Waals surface area contributed by atoms with Crippen LogP contribution in [0.15, 0.2) is 12.1 Å². The normalized spacial score (nSPS) is 25.0. The number of halogens is 2. The molecule has 0 saturated carbocycles. The number of fused-ring (bicyclic) bond motifs is 1. The molecule has 2 heterocycles. The number of hydrogen-bond acceptors (Lipinski definition) is 4. The van der Waals surface area contributed by atoms with Crippen LogP contribution in [-0.4, -0.2) is 54.3 Å². The van der Waals surface area contributed by atoms with Crippen molar-refractivity contribution in [1.29, 1.82) is 0 Å². The summed E-state index contributed by atoms with van der Waals surface area (Å²) >= 11 is 11.8. The summed E-state index contributed by atoms with van der Waals surface area (Å²) in [6.07, 6.45) is 2.36. The van der Waals surface area contributed by atoms with E-state index in [0.717, 1.165) is 13.1 Å². The van der Waals surface area contributed by atoms with E-state index in [2.05, 4.69) is 10.2 Å². The maximum Gasteiger partial charge on any atom is 0.256 e. The van der Waals surface area contributed by atoms with E-state index in [0.29, 0.717) is 19.2 Å². The Morgan fingerprint density at radius 3 is 3.05 bits per heavy atom. The second-order valence-electron chi connectivity index (χ2n) is 5.74. The second kappa shape index (κ2) is 6.62. The topological polar surface area (TPSA) is 61.8 Å². The lowest BCUT2D eigenvalue weighted by Gasteiger charge is -2.35. The molecule has 7 heteroatoms. The molecule has 0 bridgehead atoms.